The first-order valence-corrected chi connectivity index (χ1v) is 4.35. The lowest BCUT2D eigenvalue weighted by atomic mass is 9.91. The first-order valence-electron chi connectivity index (χ1n) is 4.35. The van der Waals surface area contributed by atoms with Crippen LogP contribution in [0.3, 0.4) is 0 Å². The molecule has 0 radical (unpaired) electrons. The molecule has 0 spiro atoms. The summed E-state index contributed by atoms with van der Waals surface area (Å²) in [5, 5.41) is 0. The van der Waals surface area contributed by atoms with Crippen LogP contribution in [0.4, 0.5) is 4.39 Å². The standard InChI is InChI=1S/C10H16FN/c1-3-9(5-4-6-11)10-7-12(2)8-10/h3-5,10H,6-8H2,1-2H3/b5-4-,9-3+. The van der Waals surface area contributed by atoms with Crippen LogP contribution in [0.2, 0.25) is 0 Å². The van der Waals surface area contributed by atoms with E-state index in [2.05, 4.69) is 18.0 Å². The van der Waals surface area contributed by atoms with Crippen molar-refractivity contribution >= 4 is 0 Å². The lowest BCUT2D eigenvalue weighted by Crippen LogP contribution is -2.44. The van der Waals surface area contributed by atoms with Gasteiger partial charge in [-0.15, -0.1) is 0 Å². The van der Waals surface area contributed by atoms with Gasteiger partial charge in [0.2, 0.25) is 0 Å². The zero-order valence-electron chi connectivity index (χ0n) is 7.76. The molecule has 1 aliphatic rings. The van der Waals surface area contributed by atoms with Crippen LogP contribution in [0, 0.1) is 5.92 Å². The fourth-order valence-corrected chi connectivity index (χ4v) is 1.56. The lowest BCUT2D eigenvalue weighted by Gasteiger charge is -2.37. The van der Waals surface area contributed by atoms with Crippen molar-refractivity contribution in [1.82, 2.24) is 4.90 Å². The Morgan fingerprint density at radius 3 is 2.67 bits per heavy atom. The molecule has 0 saturated carbocycles. The molecule has 0 N–H and O–H groups in total. The van der Waals surface area contributed by atoms with Gasteiger partial charge >= 0.3 is 0 Å². The third-order valence-corrected chi connectivity index (χ3v) is 2.27. The van der Waals surface area contributed by atoms with Crippen molar-refractivity contribution < 1.29 is 4.39 Å². The second kappa shape index (κ2) is 4.41. The number of hydrogen-bond donors (Lipinski definition) is 0. The number of halogens is 1. The zero-order valence-corrected chi connectivity index (χ0v) is 7.76. The summed E-state index contributed by atoms with van der Waals surface area (Å²) in [5.41, 5.74) is 1.27. The van der Waals surface area contributed by atoms with Gasteiger partial charge < -0.3 is 4.90 Å². The van der Waals surface area contributed by atoms with E-state index in [-0.39, 0.29) is 6.67 Å². The monoisotopic (exact) mass is 169 g/mol. The summed E-state index contributed by atoms with van der Waals surface area (Å²) in [5.74, 6) is 0.628. The maximum absolute atomic E-state index is 11.8. The van der Waals surface area contributed by atoms with Gasteiger partial charge in [-0.25, -0.2) is 4.39 Å². The molecular weight excluding hydrogens is 153 g/mol. The average molecular weight is 169 g/mol. The summed E-state index contributed by atoms with van der Waals surface area (Å²) >= 11 is 0. The minimum Gasteiger partial charge on any atom is -0.305 e. The number of rotatable bonds is 3. The Labute approximate surface area is 73.6 Å². The summed E-state index contributed by atoms with van der Waals surface area (Å²) in [6.45, 7) is 3.86. The van der Waals surface area contributed by atoms with Crippen molar-refractivity contribution in [3.63, 3.8) is 0 Å². The van der Waals surface area contributed by atoms with Gasteiger partial charge in [0.05, 0.1) is 0 Å². The molecule has 1 heterocycles. The fraction of sp³-hybridized carbons (Fsp3) is 0.600. The summed E-state index contributed by atoms with van der Waals surface area (Å²) in [6, 6.07) is 0. The van der Waals surface area contributed by atoms with Gasteiger partial charge in [0.1, 0.15) is 6.67 Å². The van der Waals surface area contributed by atoms with Crippen LogP contribution in [-0.4, -0.2) is 31.7 Å². The molecule has 1 fully saturated rings. The highest BCUT2D eigenvalue weighted by atomic mass is 19.1. The Kier molecular flexibility index (Phi) is 3.48. The largest absolute Gasteiger partial charge is 0.305 e. The smallest absolute Gasteiger partial charge is 0.108 e. The van der Waals surface area contributed by atoms with Gasteiger partial charge in [-0.2, -0.15) is 0 Å². The van der Waals surface area contributed by atoms with Crippen LogP contribution in [0.5, 0.6) is 0 Å². The van der Waals surface area contributed by atoms with Crippen LogP contribution in [0.15, 0.2) is 23.8 Å². The third-order valence-electron chi connectivity index (χ3n) is 2.27. The Hall–Kier alpha value is -0.630. The predicted octanol–water partition coefficient (Wildman–Crippen LogP) is 2.02. The Bertz CT molecular complexity index is 190. The average Bonchev–Trinajstić information content (AvgIpc) is 2.02. The summed E-state index contributed by atoms with van der Waals surface area (Å²) in [4.78, 5) is 2.26. The summed E-state index contributed by atoms with van der Waals surface area (Å²) in [6.07, 6.45) is 5.55. The highest BCUT2D eigenvalue weighted by Gasteiger charge is 2.24. The molecule has 0 aromatic heterocycles. The van der Waals surface area contributed by atoms with E-state index < -0.39 is 0 Å². The molecule has 0 amide bonds. The maximum Gasteiger partial charge on any atom is 0.108 e. The third kappa shape index (κ3) is 2.18. The molecule has 12 heavy (non-hydrogen) atoms. The topological polar surface area (TPSA) is 3.24 Å². The molecular formula is C10H16FN. The maximum atomic E-state index is 11.8. The Morgan fingerprint density at radius 2 is 2.25 bits per heavy atom. The van der Waals surface area contributed by atoms with Crippen molar-refractivity contribution in [3.05, 3.63) is 23.8 Å². The van der Waals surface area contributed by atoms with Crippen LogP contribution in [0.25, 0.3) is 0 Å². The van der Waals surface area contributed by atoms with Crippen molar-refractivity contribution in [2.45, 2.75) is 6.92 Å². The molecule has 0 unspecified atom stereocenters. The summed E-state index contributed by atoms with van der Waals surface area (Å²) < 4.78 is 11.8. The molecule has 1 nitrogen and oxygen atoms in total. The molecule has 1 rings (SSSR count). The van der Waals surface area contributed by atoms with E-state index in [1.165, 1.54) is 5.57 Å². The quantitative estimate of drug-likeness (QED) is 0.584. The Balaban J connectivity index is 2.42. The zero-order chi connectivity index (χ0) is 8.97. The Morgan fingerprint density at radius 1 is 1.58 bits per heavy atom. The molecule has 0 aromatic carbocycles. The van der Waals surface area contributed by atoms with E-state index in [0.717, 1.165) is 13.1 Å². The van der Waals surface area contributed by atoms with Crippen LogP contribution < -0.4 is 0 Å². The molecule has 0 aromatic rings. The first kappa shape index (κ1) is 9.46. The van der Waals surface area contributed by atoms with Crippen LogP contribution in [0.1, 0.15) is 6.92 Å². The molecule has 68 valence electrons. The first-order chi connectivity index (χ1) is 5.77. The van der Waals surface area contributed by atoms with Gasteiger partial charge in [0.25, 0.3) is 0 Å². The van der Waals surface area contributed by atoms with Gasteiger partial charge in [-0.05, 0) is 19.5 Å². The minimum atomic E-state index is -0.361. The molecule has 1 aliphatic heterocycles. The fourth-order valence-electron chi connectivity index (χ4n) is 1.56. The van der Waals surface area contributed by atoms with Crippen LogP contribution >= 0.6 is 0 Å². The van der Waals surface area contributed by atoms with Gasteiger partial charge in [-0.3, -0.25) is 0 Å². The molecule has 0 atom stereocenters. The number of alkyl halides is 1. The lowest BCUT2D eigenvalue weighted by molar-refractivity contribution is 0.164. The second-order valence-corrected chi connectivity index (χ2v) is 3.26. The van der Waals surface area contributed by atoms with E-state index >= 15 is 0 Å². The van der Waals surface area contributed by atoms with E-state index in [4.69, 9.17) is 0 Å². The van der Waals surface area contributed by atoms with E-state index in [1.54, 1.807) is 6.08 Å². The number of likely N-dealkylation sites (tertiary alicyclic amines) is 1. The van der Waals surface area contributed by atoms with Crippen LogP contribution in [-0.2, 0) is 0 Å². The van der Waals surface area contributed by atoms with E-state index in [0.29, 0.717) is 5.92 Å². The normalized spacial score (nSPS) is 21.8. The number of nitrogens with zero attached hydrogens (tertiary/aromatic N) is 1. The predicted molar refractivity (Wildman–Crippen MR) is 49.9 cm³/mol. The molecule has 1 saturated heterocycles. The molecule has 0 bridgehead atoms. The van der Waals surface area contributed by atoms with Crippen molar-refractivity contribution in [2.24, 2.45) is 5.92 Å². The van der Waals surface area contributed by atoms with E-state index in [9.17, 15) is 4.39 Å². The van der Waals surface area contributed by atoms with E-state index in [1.807, 2.05) is 13.0 Å². The van der Waals surface area contributed by atoms with Crippen molar-refractivity contribution in [1.29, 1.82) is 0 Å². The van der Waals surface area contributed by atoms with Crippen molar-refractivity contribution in [3.8, 4) is 0 Å². The molecule has 0 aliphatic carbocycles. The second-order valence-electron chi connectivity index (χ2n) is 3.26. The van der Waals surface area contributed by atoms with Gasteiger partial charge in [0.15, 0.2) is 0 Å². The highest BCUT2D eigenvalue weighted by Crippen LogP contribution is 2.22. The SMILES string of the molecule is C/C=C(\C=C/CF)C1CN(C)C1. The van der Waals surface area contributed by atoms with Gasteiger partial charge in [0, 0.05) is 19.0 Å². The number of allylic oxidation sites excluding steroid dienone is 3. The highest BCUT2D eigenvalue weighted by molar-refractivity contribution is 5.24. The molecule has 2 heteroatoms. The summed E-state index contributed by atoms with van der Waals surface area (Å²) in [7, 11) is 2.10. The van der Waals surface area contributed by atoms with Crippen molar-refractivity contribution in [2.75, 3.05) is 26.8 Å². The van der Waals surface area contributed by atoms with Gasteiger partial charge in [-0.1, -0.05) is 18.2 Å². The number of hydrogen-bond acceptors (Lipinski definition) is 1. The minimum absolute atomic E-state index is 0.361.